The highest BCUT2D eigenvalue weighted by molar-refractivity contribution is 5.85. The molecule has 15 heavy (non-hydrogen) atoms. The highest BCUT2D eigenvalue weighted by atomic mass is 35.5. The lowest BCUT2D eigenvalue weighted by atomic mass is 10.0. The van der Waals surface area contributed by atoms with Crippen LogP contribution in [0, 0.1) is 13.8 Å². The van der Waals surface area contributed by atoms with Crippen LogP contribution in [0.4, 0.5) is 0 Å². The van der Waals surface area contributed by atoms with Gasteiger partial charge in [-0.15, -0.1) is 12.4 Å². The molecule has 4 heteroatoms. The summed E-state index contributed by atoms with van der Waals surface area (Å²) < 4.78 is 4.57. The standard InChI is InChI=1S/C11H15NO2.ClH/c1-7-4-5-9(6-8(7)2)10(12)11(13)14-3;/h4-6,10H,12H2,1-3H3;1H/t10-;/m0./s1. The minimum atomic E-state index is -0.681. The van der Waals surface area contributed by atoms with Crippen LogP contribution >= 0.6 is 12.4 Å². The number of aryl methyl sites for hydroxylation is 2. The molecule has 0 bridgehead atoms. The molecule has 1 rings (SSSR count). The first-order valence-electron chi connectivity index (χ1n) is 4.47. The number of rotatable bonds is 2. The summed E-state index contributed by atoms with van der Waals surface area (Å²) in [5, 5.41) is 0. The number of benzene rings is 1. The van der Waals surface area contributed by atoms with Crippen LogP contribution in [-0.4, -0.2) is 13.1 Å². The first-order valence-corrected chi connectivity index (χ1v) is 4.47. The molecule has 1 aromatic carbocycles. The normalized spacial score (nSPS) is 11.5. The summed E-state index contributed by atoms with van der Waals surface area (Å²) in [7, 11) is 1.34. The molecule has 1 aromatic rings. The highest BCUT2D eigenvalue weighted by Gasteiger charge is 2.15. The zero-order valence-corrected chi connectivity index (χ0v) is 9.93. The molecule has 0 radical (unpaired) electrons. The summed E-state index contributed by atoms with van der Waals surface area (Å²) in [6.07, 6.45) is 0. The Labute approximate surface area is 96.0 Å². The van der Waals surface area contributed by atoms with Crippen molar-refractivity contribution in [3.05, 3.63) is 34.9 Å². The van der Waals surface area contributed by atoms with E-state index in [0.29, 0.717) is 0 Å². The summed E-state index contributed by atoms with van der Waals surface area (Å²) in [5.41, 5.74) is 8.80. The van der Waals surface area contributed by atoms with Crippen molar-refractivity contribution in [2.45, 2.75) is 19.9 Å². The maximum atomic E-state index is 11.2. The monoisotopic (exact) mass is 229 g/mol. The number of carbonyl (C=O) groups is 1. The molecule has 0 aliphatic carbocycles. The van der Waals surface area contributed by atoms with Crippen LogP contribution in [0.15, 0.2) is 18.2 Å². The molecule has 84 valence electrons. The smallest absolute Gasteiger partial charge is 0.327 e. The van der Waals surface area contributed by atoms with E-state index in [1.54, 1.807) is 0 Å². The van der Waals surface area contributed by atoms with Crippen LogP contribution in [0.25, 0.3) is 0 Å². The van der Waals surface area contributed by atoms with Crippen LogP contribution in [0.3, 0.4) is 0 Å². The van der Waals surface area contributed by atoms with E-state index in [1.807, 2.05) is 32.0 Å². The molecule has 0 heterocycles. The fourth-order valence-electron chi connectivity index (χ4n) is 1.22. The Morgan fingerprint density at radius 1 is 1.33 bits per heavy atom. The average Bonchev–Trinajstić information content (AvgIpc) is 2.20. The van der Waals surface area contributed by atoms with Crippen molar-refractivity contribution >= 4 is 18.4 Å². The van der Waals surface area contributed by atoms with Crippen molar-refractivity contribution < 1.29 is 9.53 Å². The number of esters is 1. The summed E-state index contributed by atoms with van der Waals surface area (Å²) >= 11 is 0. The van der Waals surface area contributed by atoms with Crippen molar-refractivity contribution in [1.29, 1.82) is 0 Å². The number of hydrogen-bond donors (Lipinski definition) is 1. The van der Waals surface area contributed by atoms with Crippen LogP contribution in [0.2, 0.25) is 0 Å². The summed E-state index contributed by atoms with van der Waals surface area (Å²) in [4.78, 5) is 11.2. The van der Waals surface area contributed by atoms with Crippen LogP contribution < -0.4 is 5.73 Å². The van der Waals surface area contributed by atoms with Gasteiger partial charge in [0.2, 0.25) is 0 Å². The van der Waals surface area contributed by atoms with Gasteiger partial charge in [0.25, 0.3) is 0 Å². The van der Waals surface area contributed by atoms with Crippen molar-refractivity contribution in [2.75, 3.05) is 7.11 Å². The van der Waals surface area contributed by atoms with Gasteiger partial charge in [0.1, 0.15) is 6.04 Å². The molecule has 0 aliphatic rings. The number of ether oxygens (including phenoxy) is 1. The predicted octanol–water partition coefficient (Wildman–Crippen LogP) is 1.90. The second-order valence-electron chi connectivity index (χ2n) is 3.34. The highest BCUT2D eigenvalue weighted by Crippen LogP contribution is 2.16. The Bertz CT molecular complexity index is 352. The van der Waals surface area contributed by atoms with Gasteiger partial charge < -0.3 is 10.5 Å². The number of hydrogen-bond acceptors (Lipinski definition) is 3. The zero-order chi connectivity index (χ0) is 10.7. The molecular formula is C11H16ClNO2. The van der Waals surface area contributed by atoms with E-state index in [4.69, 9.17) is 5.73 Å². The van der Waals surface area contributed by atoms with Crippen LogP contribution in [0.1, 0.15) is 22.7 Å². The summed E-state index contributed by atoms with van der Waals surface area (Å²) in [5.74, 6) is -0.409. The molecule has 3 nitrogen and oxygen atoms in total. The number of carbonyl (C=O) groups excluding carboxylic acids is 1. The lowest BCUT2D eigenvalue weighted by Crippen LogP contribution is -2.22. The lowest BCUT2D eigenvalue weighted by Gasteiger charge is -2.11. The quantitative estimate of drug-likeness (QED) is 0.789. The van der Waals surface area contributed by atoms with Gasteiger partial charge in [0.15, 0.2) is 0 Å². The summed E-state index contributed by atoms with van der Waals surface area (Å²) in [6, 6.07) is 5.04. The Morgan fingerprint density at radius 2 is 1.93 bits per heavy atom. The van der Waals surface area contributed by atoms with Gasteiger partial charge in [0.05, 0.1) is 7.11 Å². The molecule has 2 N–H and O–H groups in total. The molecule has 0 unspecified atom stereocenters. The Morgan fingerprint density at radius 3 is 2.40 bits per heavy atom. The second-order valence-corrected chi connectivity index (χ2v) is 3.34. The van der Waals surface area contributed by atoms with E-state index in [9.17, 15) is 4.79 Å². The molecular weight excluding hydrogens is 214 g/mol. The molecule has 1 atom stereocenters. The third kappa shape index (κ3) is 3.22. The van der Waals surface area contributed by atoms with E-state index < -0.39 is 12.0 Å². The number of nitrogens with two attached hydrogens (primary N) is 1. The maximum Gasteiger partial charge on any atom is 0.327 e. The molecule has 0 aromatic heterocycles. The fourth-order valence-corrected chi connectivity index (χ4v) is 1.22. The Kier molecular flexibility index (Phi) is 5.33. The minimum absolute atomic E-state index is 0. The second kappa shape index (κ2) is 5.73. The van der Waals surface area contributed by atoms with Gasteiger partial charge in [-0.2, -0.15) is 0 Å². The first kappa shape index (κ1) is 13.9. The van der Waals surface area contributed by atoms with Gasteiger partial charge in [0, 0.05) is 0 Å². The van der Waals surface area contributed by atoms with Crippen molar-refractivity contribution in [3.63, 3.8) is 0 Å². The van der Waals surface area contributed by atoms with E-state index >= 15 is 0 Å². The maximum absolute atomic E-state index is 11.2. The number of methoxy groups -OCH3 is 1. The van der Waals surface area contributed by atoms with Crippen molar-refractivity contribution in [3.8, 4) is 0 Å². The average molecular weight is 230 g/mol. The van der Waals surface area contributed by atoms with Crippen molar-refractivity contribution in [2.24, 2.45) is 5.73 Å². The molecule has 0 amide bonds. The fraction of sp³-hybridized carbons (Fsp3) is 0.364. The van der Waals surface area contributed by atoms with Gasteiger partial charge >= 0.3 is 5.97 Å². The van der Waals surface area contributed by atoms with Gasteiger partial charge in [-0.05, 0) is 30.5 Å². The molecule has 0 saturated carbocycles. The topological polar surface area (TPSA) is 52.3 Å². The Hall–Kier alpha value is -1.06. The third-order valence-electron chi connectivity index (χ3n) is 2.35. The van der Waals surface area contributed by atoms with E-state index in [1.165, 1.54) is 12.7 Å². The first-order chi connectivity index (χ1) is 6.56. The molecule has 0 fully saturated rings. The largest absolute Gasteiger partial charge is 0.468 e. The molecule has 0 aliphatic heterocycles. The Balaban J connectivity index is 0.00000196. The third-order valence-corrected chi connectivity index (χ3v) is 2.35. The van der Waals surface area contributed by atoms with E-state index in [0.717, 1.165) is 11.1 Å². The predicted molar refractivity (Wildman–Crippen MR) is 62.1 cm³/mol. The van der Waals surface area contributed by atoms with E-state index in [2.05, 4.69) is 4.74 Å². The van der Waals surface area contributed by atoms with Gasteiger partial charge in [-0.1, -0.05) is 18.2 Å². The summed E-state index contributed by atoms with van der Waals surface area (Å²) in [6.45, 7) is 4.01. The minimum Gasteiger partial charge on any atom is -0.468 e. The van der Waals surface area contributed by atoms with Gasteiger partial charge in [-0.25, -0.2) is 0 Å². The van der Waals surface area contributed by atoms with Crippen LogP contribution in [-0.2, 0) is 9.53 Å². The lowest BCUT2D eigenvalue weighted by molar-refractivity contribution is -0.142. The molecule has 0 saturated heterocycles. The van der Waals surface area contributed by atoms with Crippen LogP contribution in [0.5, 0.6) is 0 Å². The number of halogens is 1. The van der Waals surface area contributed by atoms with Gasteiger partial charge in [-0.3, -0.25) is 4.79 Å². The zero-order valence-electron chi connectivity index (χ0n) is 9.11. The van der Waals surface area contributed by atoms with Crippen molar-refractivity contribution in [1.82, 2.24) is 0 Å². The molecule has 0 spiro atoms. The van der Waals surface area contributed by atoms with E-state index in [-0.39, 0.29) is 12.4 Å². The SMILES string of the molecule is COC(=O)[C@@H](N)c1ccc(C)c(C)c1.Cl.